The second-order valence-electron chi connectivity index (χ2n) is 6.34. The van der Waals surface area contributed by atoms with Gasteiger partial charge >= 0.3 is 0 Å². The average Bonchev–Trinajstić information content (AvgIpc) is 2.82. The molecule has 0 bridgehead atoms. The van der Waals surface area contributed by atoms with Crippen LogP contribution in [0.3, 0.4) is 0 Å². The third-order valence-corrected chi connectivity index (χ3v) is 4.39. The average molecular weight is 311 g/mol. The molecule has 0 amide bonds. The fourth-order valence-electron chi connectivity index (χ4n) is 2.78. The fourth-order valence-corrected chi connectivity index (χ4v) is 3.12. The molecule has 118 valence electrons. The second kappa shape index (κ2) is 7.43. The monoisotopic (exact) mass is 310 g/mol. The zero-order valence-corrected chi connectivity index (χ0v) is 14.3. The van der Waals surface area contributed by atoms with Crippen LogP contribution in [0.1, 0.15) is 32.3 Å². The van der Waals surface area contributed by atoms with Crippen molar-refractivity contribution in [2.45, 2.75) is 45.3 Å². The largest absolute Gasteiger partial charge is 0.357 e. The van der Waals surface area contributed by atoms with Gasteiger partial charge in [-0.05, 0) is 38.1 Å². The first-order valence-corrected chi connectivity index (χ1v) is 8.14. The highest BCUT2D eigenvalue weighted by Crippen LogP contribution is 2.25. The number of nitrogens with zero attached hydrogens (tertiary/aromatic N) is 3. The van der Waals surface area contributed by atoms with E-state index < -0.39 is 0 Å². The lowest BCUT2D eigenvalue weighted by molar-refractivity contribution is 0.314. The highest BCUT2D eigenvalue weighted by atomic mass is 35.5. The molecule has 4 nitrogen and oxygen atoms in total. The SMILES string of the molecule is CC(C)NCc1cnc(N(C)CC2CCCN2C)c(Cl)c1. The summed E-state index contributed by atoms with van der Waals surface area (Å²) in [5, 5.41) is 4.12. The molecule has 0 aliphatic carbocycles. The summed E-state index contributed by atoms with van der Waals surface area (Å²) in [4.78, 5) is 9.16. The summed E-state index contributed by atoms with van der Waals surface area (Å²) in [6, 6.07) is 3.09. The second-order valence-corrected chi connectivity index (χ2v) is 6.75. The Kier molecular flexibility index (Phi) is 5.85. The van der Waals surface area contributed by atoms with Gasteiger partial charge in [-0.1, -0.05) is 25.4 Å². The van der Waals surface area contributed by atoms with Gasteiger partial charge in [0.15, 0.2) is 0 Å². The molecule has 1 fully saturated rings. The number of pyridine rings is 1. The molecule has 0 spiro atoms. The van der Waals surface area contributed by atoms with Gasteiger partial charge in [0.2, 0.25) is 0 Å². The van der Waals surface area contributed by atoms with E-state index in [1.807, 2.05) is 12.3 Å². The summed E-state index contributed by atoms with van der Waals surface area (Å²) in [6.07, 6.45) is 4.47. The van der Waals surface area contributed by atoms with Gasteiger partial charge in [-0.2, -0.15) is 0 Å². The van der Waals surface area contributed by atoms with Crippen molar-refractivity contribution in [1.29, 1.82) is 0 Å². The molecule has 1 aromatic heterocycles. The Labute approximate surface area is 133 Å². The Morgan fingerprint density at radius 1 is 1.52 bits per heavy atom. The Morgan fingerprint density at radius 3 is 2.86 bits per heavy atom. The van der Waals surface area contributed by atoms with Gasteiger partial charge in [0.05, 0.1) is 5.02 Å². The van der Waals surface area contributed by atoms with Crippen LogP contribution in [-0.4, -0.2) is 49.2 Å². The van der Waals surface area contributed by atoms with Crippen LogP contribution in [-0.2, 0) is 6.54 Å². The molecule has 0 saturated carbocycles. The number of nitrogens with one attached hydrogen (secondary N) is 1. The highest BCUT2D eigenvalue weighted by molar-refractivity contribution is 6.33. The van der Waals surface area contributed by atoms with Crippen LogP contribution in [0.15, 0.2) is 12.3 Å². The number of likely N-dealkylation sites (tertiary alicyclic amines) is 1. The van der Waals surface area contributed by atoms with E-state index in [2.05, 4.69) is 48.0 Å². The number of aromatic nitrogens is 1. The third kappa shape index (κ3) is 4.56. The van der Waals surface area contributed by atoms with E-state index in [9.17, 15) is 0 Å². The van der Waals surface area contributed by atoms with E-state index in [1.165, 1.54) is 19.4 Å². The van der Waals surface area contributed by atoms with Crippen molar-refractivity contribution >= 4 is 17.4 Å². The number of hydrogen-bond donors (Lipinski definition) is 1. The van der Waals surface area contributed by atoms with Gasteiger partial charge in [-0.15, -0.1) is 0 Å². The molecule has 2 rings (SSSR count). The van der Waals surface area contributed by atoms with Gasteiger partial charge < -0.3 is 15.1 Å². The Bertz CT molecular complexity index is 464. The zero-order valence-electron chi connectivity index (χ0n) is 13.6. The van der Waals surface area contributed by atoms with Gasteiger partial charge in [-0.25, -0.2) is 4.98 Å². The molecule has 21 heavy (non-hydrogen) atoms. The van der Waals surface area contributed by atoms with Gasteiger partial charge in [0.25, 0.3) is 0 Å². The summed E-state index contributed by atoms with van der Waals surface area (Å²) in [5.74, 6) is 0.880. The Balaban J connectivity index is 1.99. The van der Waals surface area contributed by atoms with E-state index in [-0.39, 0.29) is 0 Å². The predicted molar refractivity (Wildman–Crippen MR) is 90.1 cm³/mol. The predicted octanol–water partition coefficient (Wildman–Crippen LogP) is 2.76. The Hall–Kier alpha value is -0.840. The van der Waals surface area contributed by atoms with E-state index in [4.69, 9.17) is 11.6 Å². The summed E-state index contributed by atoms with van der Waals surface area (Å²) in [5.41, 5.74) is 1.13. The maximum absolute atomic E-state index is 6.42. The molecule has 2 heterocycles. The molecule has 1 N–H and O–H groups in total. The number of anilines is 1. The lowest BCUT2D eigenvalue weighted by Gasteiger charge is -2.27. The molecule has 1 aromatic rings. The molecular weight excluding hydrogens is 284 g/mol. The summed E-state index contributed by atoms with van der Waals surface area (Å²) < 4.78 is 0. The Morgan fingerprint density at radius 2 is 2.29 bits per heavy atom. The lowest BCUT2D eigenvalue weighted by atomic mass is 10.2. The van der Waals surface area contributed by atoms with Crippen LogP contribution < -0.4 is 10.2 Å². The molecule has 1 aliphatic heterocycles. The maximum Gasteiger partial charge on any atom is 0.147 e. The number of halogens is 1. The molecule has 0 aromatic carbocycles. The smallest absolute Gasteiger partial charge is 0.147 e. The van der Waals surface area contributed by atoms with Gasteiger partial charge in [0, 0.05) is 38.4 Å². The van der Waals surface area contributed by atoms with Crippen molar-refractivity contribution in [3.05, 3.63) is 22.8 Å². The topological polar surface area (TPSA) is 31.4 Å². The van der Waals surface area contributed by atoms with Crippen molar-refractivity contribution in [2.24, 2.45) is 0 Å². The lowest BCUT2D eigenvalue weighted by Crippen LogP contribution is -2.37. The maximum atomic E-state index is 6.42. The minimum absolute atomic E-state index is 0.462. The summed E-state index contributed by atoms with van der Waals surface area (Å²) in [6.45, 7) is 7.25. The van der Waals surface area contributed by atoms with Gasteiger partial charge in [-0.3, -0.25) is 0 Å². The van der Waals surface area contributed by atoms with Gasteiger partial charge in [0.1, 0.15) is 5.82 Å². The minimum Gasteiger partial charge on any atom is -0.357 e. The number of hydrogen-bond acceptors (Lipinski definition) is 4. The van der Waals surface area contributed by atoms with Crippen LogP contribution >= 0.6 is 11.6 Å². The van der Waals surface area contributed by atoms with Crippen LogP contribution in [0, 0.1) is 0 Å². The molecule has 5 heteroatoms. The van der Waals surface area contributed by atoms with E-state index >= 15 is 0 Å². The quantitative estimate of drug-likeness (QED) is 0.875. The summed E-state index contributed by atoms with van der Waals surface area (Å²) in [7, 11) is 4.27. The van der Waals surface area contributed by atoms with Crippen LogP contribution in [0.2, 0.25) is 5.02 Å². The molecule has 1 aliphatic rings. The van der Waals surface area contributed by atoms with Crippen molar-refractivity contribution in [3.8, 4) is 0 Å². The van der Waals surface area contributed by atoms with Crippen LogP contribution in [0.25, 0.3) is 0 Å². The standard InChI is InChI=1S/C16H27ClN4/c1-12(2)18-9-13-8-15(17)16(19-10-13)21(4)11-14-6-5-7-20(14)3/h8,10,12,14,18H,5-7,9,11H2,1-4H3. The first-order chi connectivity index (χ1) is 9.97. The highest BCUT2D eigenvalue weighted by Gasteiger charge is 2.23. The summed E-state index contributed by atoms with van der Waals surface area (Å²) >= 11 is 6.42. The van der Waals surface area contributed by atoms with Crippen molar-refractivity contribution < 1.29 is 0 Å². The van der Waals surface area contributed by atoms with Crippen LogP contribution in [0.4, 0.5) is 5.82 Å². The van der Waals surface area contributed by atoms with Crippen molar-refractivity contribution in [1.82, 2.24) is 15.2 Å². The zero-order chi connectivity index (χ0) is 15.4. The minimum atomic E-state index is 0.462. The first kappa shape index (κ1) is 16.5. The van der Waals surface area contributed by atoms with Crippen LogP contribution in [0.5, 0.6) is 0 Å². The van der Waals surface area contributed by atoms with E-state index in [0.717, 1.165) is 29.5 Å². The van der Waals surface area contributed by atoms with E-state index in [1.54, 1.807) is 0 Å². The number of likely N-dealkylation sites (N-methyl/N-ethyl adjacent to an activating group) is 2. The molecule has 1 atom stereocenters. The van der Waals surface area contributed by atoms with E-state index in [0.29, 0.717) is 12.1 Å². The third-order valence-electron chi connectivity index (χ3n) is 4.11. The molecule has 1 unspecified atom stereocenters. The van der Waals surface area contributed by atoms with Crippen molar-refractivity contribution in [3.63, 3.8) is 0 Å². The number of rotatable bonds is 6. The molecule has 0 radical (unpaired) electrons. The molecular formula is C16H27ClN4. The van der Waals surface area contributed by atoms with Crippen molar-refractivity contribution in [2.75, 3.05) is 32.1 Å². The first-order valence-electron chi connectivity index (χ1n) is 7.76. The fraction of sp³-hybridized carbons (Fsp3) is 0.688. The normalized spacial score (nSPS) is 19.4. The molecule has 1 saturated heterocycles.